The van der Waals surface area contributed by atoms with Crippen LogP contribution in [0.4, 0.5) is 5.69 Å². The van der Waals surface area contributed by atoms with Crippen LogP contribution in [0.5, 0.6) is 0 Å². The molecule has 0 fully saturated rings. The lowest BCUT2D eigenvalue weighted by molar-refractivity contribution is 0.417. The van der Waals surface area contributed by atoms with Crippen molar-refractivity contribution in [2.24, 2.45) is 0 Å². The van der Waals surface area contributed by atoms with Crippen molar-refractivity contribution in [3.05, 3.63) is 219 Å². The van der Waals surface area contributed by atoms with Gasteiger partial charge < -0.3 is 14.5 Å². The Hall–Kier alpha value is -7.40. The Labute approximate surface area is 344 Å². The van der Waals surface area contributed by atoms with E-state index in [1.165, 1.54) is 87.8 Å². The number of hydrogen-bond acceptors (Lipinski definition) is 2. The number of aromatic nitrogens is 2. The topological polar surface area (TPSA) is 33.9 Å². The molecule has 3 heterocycles. The number of nitrogens with zero attached hydrogens (tertiary/aromatic N) is 2. The number of hydrogen-bond donors (Lipinski definition) is 2. The summed E-state index contributed by atoms with van der Waals surface area (Å²) < 4.78 is 4.78. The number of nitrogens with one attached hydrogen (secondary N) is 2. The van der Waals surface area contributed by atoms with Crippen molar-refractivity contribution < 1.29 is 0 Å². The van der Waals surface area contributed by atoms with E-state index in [4.69, 9.17) is 0 Å². The molecule has 0 radical (unpaired) electrons. The fourth-order valence-corrected chi connectivity index (χ4v) is 9.28. The molecule has 2 aromatic heterocycles. The Morgan fingerprint density at radius 3 is 1.93 bits per heavy atom. The second kappa shape index (κ2) is 14.8. The Morgan fingerprint density at radius 2 is 1.15 bits per heavy atom. The standard InChI is InChI=1S/C53H40N4.C2H4/c1-3-40(4-2)56-49-30-28-39(33-45(49)51-41-17-9-8-16-36(41)26-31-50(51)56)38-27-29-48-44(32-38)42-18-11-13-21-47(42)57(48)53-54-46-20-12-10-19-43(46)52(55-53)37-24-22-35(23-25-37)34-14-6-5-7-15-34;1-2/h3-33,52-55H,1H2,2H3;1-2H2/b40-4+;. The molecule has 2 atom stereocenters. The summed E-state index contributed by atoms with van der Waals surface area (Å²) >= 11 is 0. The smallest absolute Gasteiger partial charge is 0.160 e. The maximum Gasteiger partial charge on any atom is 0.160 e. The molecule has 0 aliphatic carbocycles. The van der Waals surface area contributed by atoms with Crippen LogP contribution in [0.1, 0.15) is 30.4 Å². The predicted molar refractivity (Wildman–Crippen MR) is 253 cm³/mol. The van der Waals surface area contributed by atoms with E-state index in [-0.39, 0.29) is 12.3 Å². The van der Waals surface area contributed by atoms with Gasteiger partial charge in [-0.15, -0.1) is 13.2 Å². The molecule has 11 rings (SSSR count). The van der Waals surface area contributed by atoms with Crippen LogP contribution in [-0.4, -0.2) is 9.13 Å². The minimum Gasteiger partial charge on any atom is -0.352 e. The third-order valence-electron chi connectivity index (χ3n) is 12.0. The predicted octanol–water partition coefficient (Wildman–Crippen LogP) is 14.5. The maximum absolute atomic E-state index is 4.16. The molecule has 2 unspecified atom stereocenters. The molecule has 4 heteroatoms. The highest BCUT2D eigenvalue weighted by Crippen LogP contribution is 2.42. The molecule has 8 aromatic carbocycles. The van der Waals surface area contributed by atoms with E-state index < -0.39 is 0 Å². The van der Waals surface area contributed by atoms with E-state index in [1.54, 1.807) is 0 Å². The van der Waals surface area contributed by atoms with Crippen LogP contribution >= 0.6 is 0 Å². The van der Waals surface area contributed by atoms with Gasteiger partial charge in [0.15, 0.2) is 6.29 Å². The second-order valence-corrected chi connectivity index (χ2v) is 15.0. The molecule has 0 saturated carbocycles. The summed E-state index contributed by atoms with van der Waals surface area (Å²) in [6.45, 7) is 12.2. The van der Waals surface area contributed by atoms with Crippen LogP contribution in [0, 0.1) is 0 Å². The Kier molecular flexibility index (Phi) is 9.05. The largest absolute Gasteiger partial charge is 0.352 e. The molecular formula is C55H44N4. The first-order valence-electron chi connectivity index (χ1n) is 20.2. The SMILES string of the molecule is C=C.C=C/C(=C\C)n1c2ccc(-c3ccc4c(c3)c3ccccc3n4C3Nc4ccccc4C(c4ccc(-c5ccccc5)cc4)N3)cc2c2c3ccccc3ccc21. The molecule has 2 N–H and O–H groups in total. The molecule has 284 valence electrons. The summed E-state index contributed by atoms with van der Waals surface area (Å²) in [5.74, 6) is 0. The minimum absolute atomic E-state index is 0.00172. The fourth-order valence-electron chi connectivity index (χ4n) is 9.28. The van der Waals surface area contributed by atoms with Gasteiger partial charge in [-0.1, -0.05) is 146 Å². The first kappa shape index (κ1) is 36.0. The van der Waals surface area contributed by atoms with E-state index in [9.17, 15) is 0 Å². The molecular weight excluding hydrogens is 717 g/mol. The number of fused-ring (bicyclic) bond motifs is 9. The van der Waals surface area contributed by atoms with Gasteiger partial charge in [-0.3, -0.25) is 5.32 Å². The minimum atomic E-state index is -0.187. The lowest BCUT2D eigenvalue weighted by Gasteiger charge is -2.36. The summed E-state index contributed by atoms with van der Waals surface area (Å²) in [5, 5.41) is 15.4. The summed E-state index contributed by atoms with van der Waals surface area (Å²) in [4.78, 5) is 0. The Bertz CT molecular complexity index is 3240. The van der Waals surface area contributed by atoms with Crippen molar-refractivity contribution in [3.8, 4) is 22.3 Å². The van der Waals surface area contributed by atoms with Gasteiger partial charge in [0.25, 0.3) is 0 Å². The highest BCUT2D eigenvalue weighted by Gasteiger charge is 2.30. The molecule has 4 nitrogen and oxygen atoms in total. The summed E-state index contributed by atoms with van der Waals surface area (Å²) in [6, 6.07) is 64.2. The highest BCUT2D eigenvalue weighted by molar-refractivity contribution is 6.22. The van der Waals surface area contributed by atoms with Crippen molar-refractivity contribution in [1.82, 2.24) is 14.5 Å². The number of allylic oxidation sites excluding steroid dienone is 3. The molecule has 1 aliphatic rings. The van der Waals surface area contributed by atoms with Gasteiger partial charge in [0.2, 0.25) is 0 Å². The van der Waals surface area contributed by atoms with E-state index in [1.807, 2.05) is 6.08 Å². The van der Waals surface area contributed by atoms with Crippen molar-refractivity contribution in [2.45, 2.75) is 19.3 Å². The average Bonchev–Trinajstić information content (AvgIpc) is 3.82. The zero-order valence-electron chi connectivity index (χ0n) is 33.1. The average molecular weight is 761 g/mol. The van der Waals surface area contributed by atoms with Crippen LogP contribution < -0.4 is 10.6 Å². The van der Waals surface area contributed by atoms with Crippen molar-refractivity contribution in [2.75, 3.05) is 5.32 Å². The van der Waals surface area contributed by atoms with Crippen LogP contribution in [0.3, 0.4) is 0 Å². The van der Waals surface area contributed by atoms with Crippen LogP contribution in [0.15, 0.2) is 208 Å². The van der Waals surface area contributed by atoms with Crippen molar-refractivity contribution in [1.29, 1.82) is 0 Å². The molecule has 0 bridgehead atoms. The highest BCUT2D eigenvalue weighted by atomic mass is 15.3. The fraction of sp³-hybridized carbons (Fsp3) is 0.0545. The summed E-state index contributed by atoms with van der Waals surface area (Å²) in [7, 11) is 0. The first-order chi connectivity index (χ1) is 29.2. The molecule has 0 spiro atoms. The summed E-state index contributed by atoms with van der Waals surface area (Å²) in [6.07, 6.45) is 3.90. The quantitative estimate of drug-likeness (QED) is 0.131. The third kappa shape index (κ3) is 5.88. The van der Waals surface area contributed by atoms with Gasteiger partial charge >= 0.3 is 0 Å². The molecule has 0 amide bonds. The van der Waals surface area contributed by atoms with Gasteiger partial charge in [0.1, 0.15) is 0 Å². The summed E-state index contributed by atoms with van der Waals surface area (Å²) in [5.41, 5.74) is 14.2. The second-order valence-electron chi connectivity index (χ2n) is 15.0. The number of anilines is 1. The van der Waals surface area contributed by atoms with E-state index in [0.717, 1.165) is 11.4 Å². The van der Waals surface area contributed by atoms with Crippen LogP contribution in [-0.2, 0) is 0 Å². The molecule has 10 aromatic rings. The first-order valence-corrected chi connectivity index (χ1v) is 20.2. The van der Waals surface area contributed by atoms with Crippen molar-refractivity contribution >= 4 is 65.8 Å². The van der Waals surface area contributed by atoms with E-state index in [2.05, 4.69) is 228 Å². The van der Waals surface area contributed by atoms with E-state index in [0.29, 0.717) is 0 Å². The number of rotatable bonds is 6. The Morgan fingerprint density at radius 1 is 0.542 bits per heavy atom. The zero-order chi connectivity index (χ0) is 40.0. The van der Waals surface area contributed by atoms with E-state index >= 15 is 0 Å². The lowest BCUT2D eigenvalue weighted by atomic mass is 9.93. The maximum atomic E-state index is 4.16. The monoisotopic (exact) mass is 760 g/mol. The number of para-hydroxylation sites is 2. The molecule has 1 aliphatic heterocycles. The van der Waals surface area contributed by atoms with Gasteiger partial charge in [0, 0.05) is 32.9 Å². The third-order valence-corrected chi connectivity index (χ3v) is 12.0. The van der Waals surface area contributed by atoms with Crippen LogP contribution in [0.25, 0.3) is 82.3 Å². The Balaban J connectivity index is 0.00000207. The van der Waals surface area contributed by atoms with Gasteiger partial charge in [0.05, 0.1) is 28.1 Å². The van der Waals surface area contributed by atoms with Gasteiger partial charge in [-0.2, -0.15) is 0 Å². The van der Waals surface area contributed by atoms with Gasteiger partial charge in [-0.25, -0.2) is 0 Å². The van der Waals surface area contributed by atoms with Gasteiger partial charge in [-0.05, 0) is 99.6 Å². The number of benzene rings is 8. The van der Waals surface area contributed by atoms with Crippen molar-refractivity contribution in [3.63, 3.8) is 0 Å². The molecule has 0 saturated heterocycles. The molecule has 59 heavy (non-hydrogen) atoms. The lowest BCUT2D eigenvalue weighted by Crippen LogP contribution is -2.40. The zero-order valence-corrected chi connectivity index (χ0v) is 33.1. The van der Waals surface area contributed by atoms with Crippen LogP contribution in [0.2, 0.25) is 0 Å². The normalized spacial score (nSPS) is 15.2.